The number of piperazine rings is 1. The SMILES string of the molecule is O=C(CCn1ccc2ccccc21)N1CCN(c2ncc(Cl)cc2Cl)CC1. The second-order valence-electron chi connectivity index (χ2n) is 6.64. The number of pyridine rings is 1. The lowest BCUT2D eigenvalue weighted by Crippen LogP contribution is -2.49. The molecule has 140 valence electrons. The van der Waals surface area contributed by atoms with Gasteiger partial charge in [-0.25, -0.2) is 4.98 Å². The third-order valence-corrected chi connectivity index (χ3v) is 5.45. The highest BCUT2D eigenvalue weighted by molar-refractivity contribution is 6.36. The van der Waals surface area contributed by atoms with Crippen LogP contribution in [0.4, 0.5) is 5.82 Å². The van der Waals surface area contributed by atoms with Gasteiger partial charge in [-0.2, -0.15) is 0 Å². The topological polar surface area (TPSA) is 41.4 Å². The second-order valence-corrected chi connectivity index (χ2v) is 7.49. The lowest BCUT2D eigenvalue weighted by atomic mass is 10.2. The predicted molar refractivity (Wildman–Crippen MR) is 110 cm³/mol. The van der Waals surface area contributed by atoms with Crippen molar-refractivity contribution < 1.29 is 4.79 Å². The highest BCUT2D eigenvalue weighted by atomic mass is 35.5. The van der Waals surface area contributed by atoms with Gasteiger partial charge in [-0.15, -0.1) is 0 Å². The molecular formula is C20H20Cl2N4O. The number of amides is 1. The zero-order valence-corrected chi connectivity index (χ0v) is 16.3. The van der Waals surface area contributed by atoms with Crippen LogP contribution in [0.3, 0.4) is 0 Å². The van der Waals surface area contributed by atoms with E-state index < -0.39 is 0 Å². The molecule has 3 heterocycles. The van der Waals surface area contributed by atoms with Crippen LogP contribution in [0.5, 0.6) is 0 Å². The number of aromatic nitrogens is 2. The van der Waals surface area contributed by atoms with E-state index in [9.17, 15) is 4.79 Å². The van der Waals surface area contributed by atoms with Gasteiger partial charge in [0, 0.05) is 57.1 Å². The van der Waals surface area contributed by atoms with Crippen molar-refractivity contribution in [1.29, 1.82) is 0 Å². The van der Waals surface area contributed by atoms with Crippen molar-refractivity contribution in [2.75, 3.05) is 31.1 Å². The number of hydrogen-bond acceptors (Lipinski definition) is 3. The average Bonchev–Trinajstić information content (AvgIpc) is 3.09. The molecule has 0 aliphatic carbocycles. The van der Waals surface area contributed by atoms with Crippen LogP contribution >= 0.6 is 23.2 Å². The molecule has 2 aromatic heterocycles. The van der Waals surface area contributed by atoms with Gasteiger partial charge in [0.15, 0.2) is 0 Å². The first kappa shape index (κ1) is 18.1. The van der Waals surface area contributed by atoms with Crippen molar-refractivity contribution in [2.45, 2.75) is 13.0 Å². The van der Waals surface area contributed by atoms with Crippen LogP contribution in [0.15, 0.2) is 48.8 Å². The zero-order chi connectivity index (χ0) is 18.8. The molecule has 4 rings (SSSR count). The minimum absolute atomic E-state index is 0.183. The maximum absolute atomic E-state index is 12.6. The number of halogens is 2. The van der Waals surface area contributed by atoms with E-state index in [1.165, 1.54) is 10.9 Å². The van der Waals surface area contributed by atoms with Crippen LogP contribution < -0.4 is 4.90 Å². The number of para-hydroxylation sites is 1. The fourth-order valence-corrected chi connectivity index (χ4v) is 4.02. The maximum atomic E-state index is 12.6. The summed E-state index contributed by atoms with van der Waals surface area (Å²) in [5, 5.41) is 2.27. The van der Waals surface area contributed by atoms with Crippen molar-refractivity contribution in [3.05, 3.63) is 58.8 Å². The van der Waals surface area contributed by atoms with E-state index in [1.807, 2.05) is 23.2 Å². The van der Waals surface area contributed by atoms with Gasteiger partial charge in [0.25, 0.3) is 0 Å². The molecule has 3 aromatic rings. The number of hydrogen-bond donors (Lipinski definition) is 0. The van der Waals surface area contributed by atoms with Crippen LogP contribution in [0.25, 0.3) is 10.9 Å². The molecular weight excluding hydrogens is 383 g/mol. The zero-order valence-electron chi connectivity index (χ0n) is 14.8. The molecule has 1 aliphatic heterocycles. The third-order valence-electron chi connectivity index (χ3n) is 4.97. The van der Waals surface area contributed by atoms with E-state index in [4.69, 9.17) is 23.2 Å². The van der Waals surface area contributed by atoms with Crippen LogP contribution in [0.1, 0.15) is 6.42 Å². The molecule has 1 amide bonds. The minimum Gasteiger partial charge on any atom is -0.352 e. The average molecular weight is 403 g/mol. The maximum Gasteiger partial charge on any atom is 0.224 e. The summed E-state index contributed by atoms with van der Waals surface area (Å²) in [4.78, 5) is 21.0. The number of rotatable bonds is 4. The summed E-state index contributed by atoms with van der Waals surface area (Å²) in [5.74, 6) is 0.912. The molecule has 27 heavy (non-hydrogen) atoms. The van der Waals surface area contributed by atoms with Gasteiger partial charge in [0.05, 0.1) is 10.0 Å². The fraction of sp³-hybridized carbons (Fsp3) is 0.300. The van der Waals surface area contributed by atoms with E-state index in [2.05, 4.69) is 32.7 Å². The second kappa shape index (κ2) is 7.79. The van der Waals surface area contributed by atoms with E-state index in [1.54, 1.807) is 12.3 Å². The molecule has 0 spiro atoms. The first-order valence-corrected chi connectivity index (χ1v) is 9.75. The number of carbonyl (C=O) groups excluding carboxylic acids is 1. The number of aryl methyl sites for hydroxylation is 1. The highest BCUT2D eigenvalue weighted by Gasteiger charge is 2.23. The van der Waals surface area contributed by atoms with Crippen molar-refractivity contribution in [1.82, 2.24) is 14.5 Å². The quantitative estimate of drug-likeness (QED) is 0.659. The third kappa shape index (κ3) is 3.89. The lowest BCUT2D eigenvalue weighted by molar-refractivity contribution is -0.131. The summed E-state index contributed by atoms with van der Waals surface area (Å²) in [6, 6.07) is 12.0. The van der Waals surface area contributed by atoms with Crippen LogP contribution in [0.2, 0.25) is 10.0 Å². The van der Waals surface area contributed by atoms with E-state index in [-0.39, 0.29) is 5.91 Å². The van der Waals surface area contributed by atoms with E-state index in [0.29, 0.717) is 49.2 Å². The molecule has 0 unspecified atom stereocenters. The first-order chi connectivity index (χ1) is 13.1. The number of nitrogens with zero attached hydrogens (tertiary/aromatic N) is 4. The summed E-state index contributed by atoms with van der Waals surface area (Å²) in [6.45, 7) is 3.47. The van der Waals surface area contributed by atoms with Gasteiger partial charge in [-0.1, -0.05) is 41.4 Å². The van der Waals surface area contributed by atoms with Crippen LogP contribution in [-0.2, 0) is 11.3 Å². The van der Waals surface area contributed by atoms with Crippen molar-refractivity contribution in [3.63, 3.8) is 0 Å². The molecule has 1 aliphatic rings. The molecule has 0 bridgehead atoms. The van der Waals surface area contributed by atoms with Gasteiger partial charge >= 0.3 is 0 Å². The van der Waals surface area contributed by atoms with Gasteiger partial charge in [0.2, 0.25) is 5.91 Å². The Labute approximate surface area is 168 Å². The van der Waals surface area contributed by atoms with Gasteiger partial charge in [-0.3, -0.25) is 4.79 Å². The van der Waals surface area contributed by atoms with Gasteiger partial charge < -0.3 is 14.4 Å². The summed E-state index contributed by atoms with van der Waals surface area (Å²) in [6.07, 6.45) is 4.14. The van der Waals surface area contributed by atoms with Crippen molar-refractivity contribution in [2.24, 2.45) is 0 Å². The molecule has 0 radical (unpaired) electrons. The molecule has 0 saturated carbocycles. The Morgan fingerprint density at radius 2 is 1.85 bits per heavy atom. The fourth-order valence-electron chi connectivity index (χ4n) is 3.52. The molecule has 0 atom stereocenters. The first-order valence-electron chi connectivity index (χ1n) is 8.99. The molecule has 1 fully saturated rings. The molecule has 5 nitrogen and oxygen atoms in total. The van der Waals surface area contributed by atoms with Gasteiger partial charge in [-0.05, 0) is 23.6 Å². The largest absolute Gasteiger partial charge is 0.352 e. The van der Waals surface area contributed by atoms with Crippen molar-refractivity contribution in [3.8, 4) is 0 Å². The minimum atomic E-state index is 0.183. The Morgan fingerprint density at radius 3 is 2.63 bits per heavy atom. The van der Waals surface area contributed by atoms with E-state index in [0.717, 1.165) is 5.82 Å². The van der Waals surface area contributed by atoms with Crippen molar-refractivity contribution >= 4 is 45.8 Å². The van der Waals surface area contributed by atoms with E-state index >= 15 is 0 Å². The molecule has 7 heteroatoms. The smallest absolute Gasteiger partial charge is 0.224 e. The summed E-state index contributed by atoms with van der Waals surface area (Å²) < 4.78 is 2.14. The molecule has 1 saturated heterocycles. The summed E-state index contributed by atoms with van der Waals surface area (Å²) in [5.41, 5.74) is 1.17. The summed E-state index contributed by atoms with van der Waals surface area (Å²) >= 11 is 12.2. The molecule has 0 N–H and O–H groups in total. The number of fused-ring (bicyclic) bond motifs is 1. The standard InChI is InChI=1S/C20H20Cl2N4O/c21-16-13-17(22)20(23-14-16)26-11-9-25(10-12-26)19(27)6-8-24-7-5-15-3-1-2-4-18(15)24/h1-5,7,13-14H,6,8-12H2. The molecule has 1 aromatic carbocycles. The normalized spacial score (nSPS) is 14.7. The number of benzene rings is 1. The Hall–Kier alpha value is -2.24. The Bertz CT molecular complexity index is 964. The van der Waals surface area contributed by atoms with Crippen LogP contribution in [0, 0.1) is 0 Å². The predicted octanol–water partition coefficient (Wildman–Crippen LogP) is 4.08. The Kier molecular flexibility index (Phi) is 5.23. The van der Waals surface area contributed by atoms with Crippen LogP contribution in [-0.4, -0.2) is 46.5 Å². The van der Waals surface area contributed by atoms with Gasteiger partial charge in [0.1, 0.15) is 5.82 Å². The highest BCUT2D eigenvalue weighted by Crippen LogP contribution is 2.26. The number of carbonyl (C=O) groups is 1. The lowest BCUT2D eigenvalue weighted by Gasteiger charge is -2.35. The monoisotopic (exact) mass is 402 g/mol. The Balaban J connectivity index is 1.33. The Morgan fingerprint density at radius 1 is 1.07 bits per heavy atom. The summed E-state index contributed by atoms with van der Waals surface area (Å²) in [7, 11) is 0. The number of anilines is 1.